The molecule has 1 aromatic heterocycles. The van der Waals surface area contributed by atoms with E-state index in [0.29, 0.717) is 29.3 Å². The van der Waals surface area contributed by atoms with Crippen LogP contribution < -0.4 is 10.6 Å². The van der Waals surface area contributed by atoms with Gasteiger partial charge in [0.05, 0.1) is 11.3 Å². The van der Waals surface area contributed by atoms with E-state index in [9.17, 15) is 9.59 Å². The molecule has 0 fully saturated rings. The van der Waals surface area contributed by atoms with Crippen molar-refractivity contribution in [3.8, 4) is 6.07 Å². The molecule has 0 saturated heterocycles. The molecule has 0 unspecified atom stereocenters. The van der Waals surface area contributed by atoms with E-state index in [1.165, 1.54) is 12.3 Å². The minimum absolute atomic E-state index is 0.111. The van der Waals surface area contributed by atoms with Gasteiger partial charge in [0.15, 0.2) is 0 Å². The van der Waals surface area contributed by atoms with Gasteiger partial charge in [0.1, 0.15) is 11.8 Å². The Hall–Kier alpha value is -3.20. The first-order chi connectivity index (χ1) is 11.5. The van der Waals surface area contributed by atoms with Gasteiger partial charge in [-0.3, -0.25) is 14.6 Å². The summed E-state index contributed by atoms with van der Waals surface area (Å²) in [6.45, 7) is 4.55. The Kier molecular flexibility index (Phi) is 5.63. The third-order valence-corrected chi connectivity index (χ3v) is 3.22. The van der Waals surface area contributed by atoms with Crippen molar-refractivity contribution in [2.24, 2.45) is 5.92 Å². The summed E-state index contributed by atoms with van der Waals surface area (Å²) in [5.74, 6) is -0.394. The summed E-state index contributed by atoms with van der Waals surface area (Å²) in [7, 11) is 0. The zero-order valence-electron chi connectivity index (χ0n) is 13.5. The van der Waals surface area contributed by atoms with Crippen LogP contribution in [-0.2, 0) is 0 Å². The van der Waals surface area contributed by atoms with E-state index in [4.69, 9.17) is 5.26 Å². The van der Waals surface area contributed by atoms with Gasteiger partial charge in [-0.25, -0.2) is 0 Å². The zero-order valence-corrected chi connectivity index (χ0v) is 13.5. The van der Waals surface area contributed by atoms with Crippen molar-refractivity contribution in [3.05, 3.63) is 59.4 Å². The molecular formula is C18H18N4O2. The third-order valence-electron chi connectivity index (χ3n) is 3.22. The van der Waals surface area contributed by atoms with Crippen molar-refractivity contribution in [2.45, 2.75) is 13.8 Å². The average Bonchev–Trinajstić information content (AvgIpc) is 2.60. The normalized spacial score (nSPS) is 10.1. The van der Waals surface area contributed by atoms with Crippen LogP contribution >= 0.6 is 0 Å². The molecule has 1 heterocycles. The number of aromatic nitrogens is 1. The lowest BCUT2D eigenvalue weighted by atomic mass is 10.1. The number of benzene rings is 1. The topological polar surface area (TPSA) is 94.9 Å². The number of carbonyl (C=O) groups excluding carboxylic acids is 2. The number of nitrogens with zero attached hydrogens (tertiary/aromatic N) is 2. The summed E-state index contributed by atoms with van der Waals surface area (Å²) in [4.78, 5) is 28.4. The fraction of sp³-hybridized carbons (Fsp3) is 0.222. The summed E-state index contributed by atoms with van der Waals surface area (Å²) >= 11 is 0. The molecule has 0 bridgehead atoms. The average molecular weight is 322 g/mol. The van der Waals surface area contributed by atoms with Crippen molar-refractivity contribution in [1.82, 2.24) is 10.3 Å². The van der Waals surface area contributed by atoms with Crippen LogP contribution in [-0.4, -0.2) is 23.3 Å². The number of para-hydroxylation sites is 1. The van der Waals surface area contributed by atoms with Gasteiger partial charge in [0.2, 0.25) is 0 Å². The van der Waals surface area contributed by atoms with E-state index in [0.717, 1.165) is 0 Å². The first-order valence-electron chi connectivity index (χ1n) is 7.56. The minimum Gasteiger partial charge on any atom is -0.352 e. The number of rotatable bonds is 5. The largest absolute Gasteiger partial charge is 0.352 e. The summed E-state index contributed by atoms with van der Waals surface area (Å²) in [5.41, 5.74) is 1.24. The molecule has 6 heteroatoms. The van der Waals surface area contributed by atoms with Crippen LogP contribution in [0.3, 0.4) is 0 Å². The molecule has 0 aliphatic rings. The van der Waals surface area contributed by atoms with Crippen molar-refractivity contribution in [2.75, 3.05) is 11.9 Å². The molecule has 6 nitrogen and oxygen atoms in total. The Bertz CT molecular complexity index is 794. The van der Waals surface area contributed by atoms with E-state index in [-0.39, 0.29) is 11.6 Å². The summed E-state index contributed by atoms with van der Waals surface area (Å²) < 4.78 is 0. The second kappa shape index (κ2) is 7.88. The third kappa shape index (κ3) is 4.40. The van der Waals surface area contributed by atoms with Gasteiger partial charge >= 0.3 is 0 Å². The maximum absolute atomic E-state index is 12.3. The predicted octanol–water partition coefficient (Wildman–Crippen LogP) is 2.59. The molecular weight excluding hydrogens is 304 g/mol. The van der Waals surface area contributed by atoms with Crippen LogP contribution in [0.1, 0.15) is 40.3 Å². The van der Waals surface area contributed by atoms with Gasteiger partial charge in [-0.1, -0.05) is 26.0 Å². The van der Waals surface area contributed by atoms with E-state index in [1.807, 2.05) is 19.9 Å². The molecule has 0 saturated carbocycles. The lowest BCUT2D eigenvalue weighted by molar-refractivity contribution is 0.0949. The van der Waals surface area contributed by atoms with Crippen molar-refractivity contribution in [3.63, 3.8) is 0 Å². The van der Waals surface area contributed by atoms with Gasteiger partial charge in [0.25, 0.3) is 11.8 Å². The van der Waals surface area contributed by atoms with Crippen LogP contribution in [0.5, 0.6) is 0 Å². The van der Waals surface area contributed by atoms with Crippen LogP contribution in [0, 0.1) is 17.2 Å². The van der Waals surface area contributed by atoms with Crippen molar-refractivity contribution in [1.29, 1.82) is 5.26 Å². The van der Waals surface area contributed by atoms with Crippen molar-refractivity contribution < 1.29 is 9.59 Å². The summed E-state index contributed by atoms with van der Waals surface area (Å²) in [6, 6.07) is 11.7. The van der Waals surface area contributed by atoms with Gasteiger partial charge in [-0.05, 0) is 30.2 Å². The smallest absolute Gasteiger partial charge is 0.274 e. The number of nitrogens with one attached hydrogen (secondary N) is 2. The quantitative estimate of drug-likeness (QED) is 0.884. The molecule has 0 radical (unpaired) electrons. The van der Waals surface area contributed by atoms with Crippen LogP contribution in [0.4, 0.5) is 5.69 Å². The second-order valence-corrected chi connectivity index (χ2v) is 5.65. The number of hydrogen-bond donors (Lipinski definition) is 2. The molecule has 2 rings (SSSR count). The highest BCUT2D eigenvalue weighted by Gasteiger charge is 2.13. The van der Waals surface area contributed by atoms with Gasteiger partial charge in [-0.15, -0.1) is 0 Å². The van der Waals surface area contributed by atoms with E-state index < -0.39 is 5.91 Å². The van der Waals surface area contributed by atoms with E-state index in [2.05, 4.69) is 15.6 Å². The highest BCUT2D eigenvalue weighted by atomic mass is 16.2. The van der Waals surface area contributed by atoms with Crippen LogP contribution in [0.25, 0.3) is 0 Å². The van der Waals surface area contributed by atoms with Gasteiger partial charge in [0, 0.05) is 18.3 Å². The fourth-order valence-corrected chi connectivity index (χ4v) is 1.97. The lowest BCUT2D eigenvalue weighted by Gasteiger charge is -2.09. The molecule has 2 N–H and O–H groups in total. The van der Waals surface area contributed by atoms with Crippen molar-refractivity contribution >= 4 is 17.5 Å². The van der Waals surface area contributed by atoms with Gasteiger partial charge < -0.3 is 10.6 Å². The molecule has 0 aliphatic carbocycles. The van der Waals surface area contributed by atoms with E-state index >= 15 is 0 Å². The van der Waals surface area contributed by atoms with Crippen LogP contribution in [0.15, 0.2) is 42.6 Å². The molecule has 0 aliphatic heterocycles. The fourth-order valence-electron chi connectivity index (χ4n) is 1.97. The standard InChI is InChI=1S/C18H18N4O2/c1-12(2)11-21-17(23)13-7-8-20-16(9-13)18(24)22-15-6-4-3-5-14(15)10-19/h3-9,12H,11H2,1-2H3,(H,21,23)(H,22,24). The SMILES string of the molecule is CC(C)CNC(=O)c1ccnc(C(=O)Nc2ccccc2C#N)c1. The van der Waals surface area contributed by atoms with Gasteiger partial charge in [-0.2, -0.15) is 5.26 Å². The summed E-state index contributed by atoms with van der Waals surface area (Å²) in [6.07, 6.45) is 1.41. The number of nitriles is 1. The maximum Gasteiger partial charge on any atom is 0.274 e. The first kappa shape index (κ1) is 17.2. The number of pyridine rings is 1. The monoisotopic (exact) mass is 322 g/mol. The molecule has 2 aromatic rings. The molecule has 0 spiro atoms. The highest BCUT2D eigenvalue weighted by Crippen LogP contribution is 2.14. The molecule has 1 aromatic carbocycles. The molecule has 24 heavy (non-hydrogen) atoms. The minimum atomic E-state index is -0.476. The summed E-state index contributed by atoms with van der Waals surface area (Å²) in [5, 5.41) is 14.5. The molecule has 122 valence electrons. The number of hydrogen-bond acceptors (Lipinski definition) is 4. The Morgan fingerprint density at radius 2 is 1.96 bits per heavy atom. The number of carbonyl (C=O) groups is 2. The lowest BCUT2D eigenvalue weighted by Crippen LogP contribution is -2.27. The zero-order chi connectivity index (χ0) is 17.5. The number of anilines is 1. The second-order valence-electron chi connectivity index (χ2n) is 5.65. The Morgan fingerprint density at radius 3 is 2.67 bits per heavy atom. The Balaban J connectivity index is 2.14. The first-order valence-corrected chi connectivity index (χ1v) is 7.56. The maximum atomic E-state index is 12.3. The predicted molar refractivity (Wildman–Crippen MR) is 90.5 cm³/mol. The van der Waals surface area contributed by atoms with Crippen LogP contribution in [0.2, 0.25) is 0 Å². The molecule has 2 amide bonds. The van der Waals surface area contributed by atoms with E-state index in [1.54, 1.807) is 30.3 Å². The number of amides is 2. The molecule has 0 atom stereocenters. The Morgan fingerprint density at radius 1 is 1.21 bits per heavy atom. The highest BCUT2D eigenvalue weighted by molar-refractivity contribution is 6.05. The Labute approximate surface area is 140 Å².